The standard InChI is InChI=1S/C11H21N3S/c1-6-12-11(2,3)9-8-15-10(13-9)7-14(4)5/h8,12H,6-7H2,1-5H3. The van der Waals surface area contributed by atoms with Crippen molar-refractivity contribution in [3.05, 3.63) is 16.1 Å². The molecule has 0 aliphatic carbocycles. The second-order valence-corrected chi connectivity index (χ2v) is 5.46. The lowest BCUT2D eigenvalue weighted by atomic mass is 10.0. The van der Waals surface area contributed by atoms with Crippen LogP contribution in [0.3, 0.4) is 0 Å². The van der Waals surface area contributed by atoms with Gasteiger partial charge in [0.2, 0.25) is 0 Å². The molecule has 0 aliphatic heterocycles. The van der Waals surface area contributed by atoms with Crippen molar-refractivity contribution in [3.63, 3.8) is 0 Å². The van der Waals surface area contributed by atoms with Crippen LogP contribution < -0.4 is 5.32 Å². The highest BCUT2D eigenvalue weighted by Gasteiger charge is 2.22. The molecule has 15 heavy (non-hydrogen) atoms. The quantitative estimate of drug-likeness (QED) is 0.834. The van der Waals surface area contributed by atoms with Crippen molar-refractivity contribution in [3.8, 4) is 0 Å². The summed E-state index contributed by atoms with van der Waals surface area (Å²) in [6.07, 6.45) is 0. The molecule has 4 heteroatoms. The fourth-order valence-electron chi connectivity index (χ4n) is 1.47. The maximum Gasteiger partial charge on any atom is 0.107 e. The van der Waals surface area contributed by atoms with E-state index >= 15 is 0 Å². The molecule has 0 fully saturated rings. The van der Waals surface area contributed by atoms with Crippen LogP contribution in [-0.2, 0) is 12.1 Å². The third kappa shape index (κ3) is 3.55. The minimum Gasteiger partial charge on any atom is -0.307 e. The first-order chi connectivity index (χ1) is 6.95. The Hall–Kier alpha value is -0.450. The van der Waals surface area contributed by atoms with E-state index in [2.05, 4.69) is 55.4 Å². The molecular weight excluding hydrogens is 206 g/mol. The average Bonchev–Trinajstić information content (AvgIpc) is 2.51. The van der Waals surface area contributed by atoms with Crippen molar-refractivity contribution in [2.45, 2.75) is 32.9 Å². The molecule has 0 amide bonds. The largest absolute Gasteiger partial charge is 0.307 e. The number of hydrogen-bond acceptors (Lipinski definition) is 4. The zero-order valence-corrected chi connectivity index (χ0v) is 11.1. The van der Waals surface area contributed by atoms with Crippen molar-refractivity contribution in [2.24, 2.45) is 0 Å². The van der Waals surface area contributed by atoms with Gasteiger partial charge in [-0.2, -0.15) is 0 Å². The second kappa shape index (κ2) is 5.05. The molecule has 1 rings (SSSR count). The number of nitrogens with zero attached hydrogens (tertiary/aromatic N) is 2. The van der Waals surface area contributed by atoms with Gasteiger partial charge in [0.15, 0.2) is 0 Å². The van der Waals surface area contributed by atoms with Gasteiger partial charge in [0.05, 0.1) is 11.2 Å². The SMILES string of the molecule is CCNC(C)(C)c1csc(CN(C)C)n1. The Labute approximate surface area is 96.5 Å². The fourth-order valence-corrected chi connectivity index (χ4v) is 2.55. The van der Waals surface area contributed by atoms with E-state index in [9.17, 15) is 0 Å². The van der Waals surface area contributed by atoms with Crippen LogP contribution in [0.5, 0.6) is 0 Å². The van der Waals surface area contributed by atoms with E-state index in [0.717, 1.165) is 18.8 Å². The topological polar surface area (TPSA) is 28.2 Å². The van der Waals surface area contributed by atoms with Crippen molar-refractivity contribution >= 4 is 11.3 Å². The van der Waals surface area contributed by atoms with E-state index in [-0.39, 0.29) is 5.54 Å². The van der Waals surface area contributed by atoms with Crippen molar-refractivity contribution in [2.75, 3.05) is 20.6 Å². The van der Waals surface area contributed by atoms with Crippen LogP contribution in [-0.4, -0.2) is 30.5 Å². The lowest BCUT2D eigenvalue weighted by Crippen LogP contribution is -2.36. The van der Waals surface area contributed by atoms with Gasteiger partial charge >= 0.3 is 0 Å². The van der Waals surface area contributed by atoms with Gasteiger partial charge in [0.1, 0.15) is 5.01 Å². The molecule has 0 saturated carbocycles. The van der Waals surface area contributed by atoms with Crippen LogP contribution in [0.25, 0.3) is 0 Å². The Morgan fingerprint density at radius 3 is 2.67 bits per heavy atom. The first-order valence-electron chi connectivity index (χ1n) is 5.30. The zero-order valence-electron chi connectivity index (χ0n) is 10.3. The Kier molecular flexibility index (Phi) is 4.25. The molecule has 0 spiro atoms. The summed E-state index contributed by atoms with van der Waals surface area (Å²) >= 11 is 1.74. The number of aromatic nitrogens is 1. The maximum absolute atomic E-state index is 4.66. The van der Waals surface area contributed by atoms with Gasteiger partial charge in [-0.05, 0) is 34.5 Å². The van der Waals surface area contributed by atoms with E-state index in [0.29, 0.717) is 0 Å². The predicted molar refractivity (Wildman–Crippen MR) is 66.2 cm³/mol. The molecule has 0 aromatic carbocycles. The van der Waals surface area contributed by atoms with Crippen LogP contribution in [0.4, 0.5) is 0 Å². The smallest absolute Gasteiger partial charge is 0.107 e. The molecule has 0 aliphatic rings. The summed E-state index contributed by atoms with van der Waals surface area (Å²) in [4.78, 5) is 6.80. The summed E-state index contributed by atoms with van der Waals surface area (Å²) in [6.45, 7) is 8.35. The monoisotopic (exact) mass is 227 g/mol. The normalized spacial score (nSPS) is 12.4. The molecule has 0 atom stereocenters. The summed E-state index contributed by atoms with van der Waals surface area (Å²) in [5, 5.41) is 6.77. The minimum absolute atomic E-state index is 0.0180. The van der Waals surface area contributed by atoms with E-state index in [1.54, 1.807) is 11.3 Å². The molecule has 0 radical (unpaired) electrons. The fraction of sp³-hybridized carbons (Fsp3) is 0.727. The van der Waals surface area contributed by atoms with Crippen LogP contribution in [0, 0.1) is 0 Å². The van der Waals surface area contributed by atoms with Gasteiger partial charge in [-0.15, -0.1) is 11.3 Å². The molecule has 1 N–H and O–H groups in total. The van der Waals surface area contributed by atoms with Crippen molar-refractivity contribution in [1.82, 2.24) is 15.2 Å². The average molecular weight is 227 g/mol. The zero-order chi connectivity index (χ0) is 11.5. The minimum atomic E-state index is -0.0180. The number of rotatable bonds is 5. The third-order valence-corrected chi connectivity index (χ3v) is 3.10. The Morgan fingerprint density at radius 1 is 1.47 bits per heavy atom. The molecular formula is C11H21N3S. The van der Waals surface area contributed by atoms with Crippen LogP contribution in [0.2, 0.25) is 0 Å². The number of nitrogens with one attached hydrogen (secondary N) is 1. The van der Waals surface area contributed by atoms with E-state index < -0.39 is 0 Å². The van der Waals surface area contributed by atoms with Gasteiger partial charge in [-0.25, -0.2) is 4.98 Å². The van der Waals surface area contributed by atoms with Crippen LogP contribution in [0.1, 0.15) is 31.5 Å². The van der Waals surface area contributed by atoms with Gasteiger partial charge in [0.25, 0.3) is 0 Å². The van der Waals surface area contributed by atoms with Gasteiger partial charge in [-0.1, -0.05) is 6.92 Å². The molecule has 86 valence electrons. The number of thiazole rings is 1. The van der Waals surface area contributed by atoms with E-state index in [1.165, 1.54) is 5.01 Å². The highest BCUT2D eigenvalue weighted by atomic mass is 32.1. The van der Waals surface area contributed by atoms with Crippen molar-refractivity contribution < 1.29 is 0 Å². The van der Waals surface area contributed by atoms with E-state index in [4.69, 9.17) is 0 Å². The van der Waals surface area contributed by atoms with Gasteiger partial charge < -0.3 is 10.2 Å². The molecule has 1 aromatic rings. The van der Waals surface area contributed by atoms with Gasteiger partial charge in [-0.3, -0.25) is 0 Å². The summed E-state index contributed by atoms with van der Waals surface area (Å²) in [6, 6.07) is 0. The van der Waals surface area contributed by atoms with Crippen molar-refractivity contribution in [1.29, 1.82) is 0 Å². The first-order valence-corrected chi connectivity index (χ1v) is 6.18. The maximum atomic E-state index is 4.66. The number of hydrogen-bond donors (Lipinski definition) is 1. The predicted octanol–water partition coefficient (Wildman–Crippen LogP) is 2.05. The molecule has 0 unspecified atom stereocenters. The van der Waals surface area contributed by atoms with Gasteiger partial charge in [0, 0.05) is 11.9 Å². The Morgan fingerprint density at radius 2 is 2.13 bits per heavy atom. The van der Waals surface area contributed by atoms with E-state index in [1.807, 2.05) is 0 Å². The molecule has 3 nitrogen and oxygen atoms in total. The van der Waals surface area contributed by atoms with Crippen LogP contribution >= 0.6 is 11.3 Å². The Bertz CT molecular complexity index is 305. The Balaban J connectivity index is 2.74. The third-order valence-electron chi connectivity index (χ3n) is 2.26. The molecule has 1 aromatic heterocycles. The highest BCUT2D eigenvalue weighted by molar-refractivity contribution is 7.09. The lowest BCUT2D eigenvalue weighted by molar-refractivity contribution is 0.389. The molecule has 0 saturated heterocycles. The summed E-state index contributed by atoms with van der Waals surface area (Å²) in [7, 11) is 4.13. The summed E-state index contributed by atoms with van der Waals surface area (Å²) < 4.78 is 0. The first kappa shape index (κ1) is 12.6. The highest BCUT2D eigenvalue weighted by Crippen LogP contribution is 2.22. The molecule has 1 heterocycles. The lowest BCUT2D eigenvalue weighted by Gasteiger charge is -2.23. The summed E-state index contributed by atoms with van der Waals surface area (Å²) in [5.41, 5.74) is 1.13. The van der Waals surface area contributed by atoms with Crippen LogP contribution in [0.15, 0.2) is 5.38 Å². The molecule has 0 bridgehead atoms. The second-order valence-electron chi connectivity index (χ2n) is 4.52. The summed E-state index contributed by atoms with van der Waals surface area (Å²) in [5.74, 6) is 0.